The molecule has 0 radical (unpaired) electrons. The Morgan fingerprint density at radius 3 is 2.55 bits per heavy atom. The van der Waals surface area contributed by atoms with Crippen molar-refractivity contribution in [3.8, 4) is 33.8 Å². The van der Waals surface area contributed by atoms with Crippen molar-refractivity contribution in [1.29, 1.82) is 0 Å². The summed E-state index contributed by atoms with van der Waals surface area (Å²) in [6, 6.07) is 13.4. The maximum absolute atomic E-state index is 14.9. The van der Waals surface area contributed by atoms with Crippen LogP contribution in [0.2, 0.25) is 0 Å². The van der Waals surface area contributed by atoms with Gasteiger partial charge in [0.1, 0.15) is 22.7 Å². The lowest BCUT2D eigenvalue weighted by Gasteiger charge is -2.18. The molecule has 0 saturated carbocycles. The predicted molar refractivity (Wildman–Crippen MR) is 187 cm³/mol. The minimum Gasteiger partial charge on any atom is -0.384 e. The highest BCUT2D eigenvalue weighted by Crippen LogP contribution is 2.35. The number of aromatic nitrogens is 6. The maximum atomic E-state index is 14.9. The van der Waals surface area contributed by atoms with Crippen LogP contribution in [0.15, 0.2) is 67.1 Å². The van der Waals surface area contributed by atoms with Crippen LogP contribution < -0.4 is 5.32 Å². The van der Waals surface area contributed by atoms with E-state index in [1.807, 2.05) is 24.3 Å². The van der Waals surface area contributed by atoms with E-state index in [9.17, 15) is 30.0 Å². The Morgan fingerprint density at radius 1 is 1.00 bits per heavy atom. The van der Waals surface area contributed by atoms with Gasteiger partial charge < -0.3 is 10.3 Å². The molecule has 5 aromatic heterocycles. The molecule has 3 N–H and O–H groups in total. The van der Waals surface area contributed by atoms with Gasteiger partial charge >= 0.3 is 0 Å². The summed E-state index contributed by atoms with van der Waals surface area (Å²) >= 11 is 0. The molecule has 6 aromatic rings. The Morgan fingerprint density at radius 2 is 1.80 bits per heavy atom. The van der Waals surface area contributed by atoms with Gasteiger partial charge in [-0.1, -0.05) is 3.71 Å². The molecule has 0 spiro atoms. The third-order valence-corrected chi connectivity index (χ3v) is 12.0. The monoisotopic (exact) mass is 739 g/mol. The zero-order valence-corrected chi connectivity index (χ0v) is 29.0. The quantitative estimate of drug-likeness (QED) is 0.167. The van der Waals surface area contributed by atoms with Gasteiger partial charge in [0.15, 0.2) is 0 Å². The van der Waals surface area contributed by atoms with E-state index in [0.29, 0.717) is 72.8 Å². The Kier molecular flexibility index (Phi) is 8.81. The van der Waals surface area contributed by atoms with Gasteiger partial charge in [0.2, 0.25) is 20.0 Å². The van der Waals surface area contributed by atoms with Crippen molar-refractivity contribution in [3.63, 3.8) is 0 Å². The van der Waals surface area contributed by atoms with Crippen LogP contribution in [0, 0.1) is 5.82 Å². The average Bonchev–Trinajstić information content (AvgIpc) is 3.77. The molecule has 1 aliphatic heterocycles. The van der Waals surface area contributed by atoms with Gasteiger partial charge in [-0.25, -0.2) is 40.0 Å². The van der Waals surface area contributed by atoms with Gasteiger partial charge in [0, 0.05) is 67.8 Å². The fourth-order valence-corrected chi connectivity index (χ4v) is 9.10. The normalized spacial score (nSPS) is 15.3. The number of halogens is 3. The van der Waals surface area contributed by atoms with E-state index in [1.165, 1.54) is 12.1 Å². The van der Waals surface area contributed by atoms with Crippen molar-refractivity contribution in [3.05, 3.63) is 78.5 Å². The molecule has 18 heteroatoms. The number of anilines is 1. The molecular formula is C33H32F3N9O4S2. The Labute approximate surface area is 291 Å². The summed E-state index contributed by atoms with van der Waals surface area (Å²) in [5, 5.41) is 11.1. The molecule has 1 aromatic carbocycles. The van der Waals surface area contributed by atoms with Crippen molar-refractivity contribution in [1.82, 2.24) is 38.7 Å². The van der Waals surface area contributed by atoms with Crippen LogP contribution in [0.25, 0.3) is 55.8 Å². The first-order valence-electron chi connectivity index (χ1n) is 15.7. The SMILES string of the molecule is CS(=O)(=O)N(CCNc1cc(F)cc(-c2ccnc3[nH]c(-c4n[nH]c5ccc(-c6cncc(CN7CCC(F)(F)C7)c6)nc45)cc23)c1)S(C)(=O)=O. The van der Waals surface area contributed by atoms with Crippen LogP contribution in [0.5, 0.6) is 0 Å². The van der Waals surface area contributed by atoms with Crippen LogP contribution in [0.1, 0.15) is 12.0 Å². The molecule has 0 unspecified atom stereocenters. The van der Waals surface area contributed by atoms with E-state index in [-0.39, 0.29) is 26.1 Å². The van der Waals surface area contributed by atoms with Gasteiger partial charge in [-0.05, 0) is 65.2 Å². The van der Waals surface area contributed by atoms with Crippen LogP contribution in [0.4, 0.5) is 18.9 Å². The molecule has 0 atom stereocenters. The Balaban J connectivity index is 1.16. The fourth-order valence-electron chi connectivity index (χ4n) is 6.28. The average molecular weight is 740 g/mol. The smallest absolute Gasteiger partial charge is 0.261 e. The van der Waals surface area contributed by atoms with Crippen LogP contribution in [0.3, 0.4) is 0 Å². The standard InChI is InChI=1S/C33H32F3N9O4S2/c1-50(46,47)45(51(2,48)49)10-8-38-24-13-21(12-23(34)14-24)25-5-7-39-32-26(25)15-29(41-32)31-30-28(42-43-31)4-3-27(40-30)22-11-20(16-37-17-22)18-44-9-6-33(35,36)19-44/h3-5,7,11-17,38H,6,8-10,18-19H2,1-2H3,(H,39,41)(H,42,43). The third-order valence-electron chi connectivity index (χ3n) is 8.51. The number of pyridine rings is 3. The van der Waals surface area contributed by atoms with Crippen LogP contribution >= 0.6 is 0 Å². The van der Waals surface area contributed by atoms with E-state index < -0.39 is 31.8 Å². The Hall–Kier alpha value is -4.91. The first kappa shape index (κ1) is 34.5. The molecule has 13 nitrogen and oxygen atoms in total. The summed E-state index contributed by atoms with van der Waals surface area (Å²) in [7, 11) is -8.07. The summed E-state index contributed by atoms with van der Waals surface area (Å²) in [4.78, 5) is 18.7. The number of likely N-dealkylation sites (tertiary alicyclic amines) is 1. The highest BCUT2D eigenvalue weighted by molar-refractivity contribution is 8.03. The van der Waals surface area contributed by atoms with E-state index in [0.717, 1.165) is 23.6 Å². The summed E-state index contributed by atoms with van der Waals surface area (Å²) < 4.78 is 90.7. The zero-order valence-electron chi connectivity index (χ0n) is 27.4. The molecule has 0 bridgehead atoms. The molecule has 7 rings (SSSR count). The molecule has 1 saturated heterocycles. The summed E-state index contributed by atoms with van der Waals surface area (Å²) in [5.41, 5.74) is 6.47. The minimum absolute atomic E-state index is 0.0952. The van der Waals surface area contributed by atoms with Crippen molar-refractivity contribution < 1.29 is 30.0 Å². The first-order chi connectivity index (χ1) is 24.1. The lowest BCUT2D eigenvalue weighted by Crippen LogP contribution is -2.38. The molecule has 0 aliphatic carbocycles. The number of hydrogen-bond donors (Lipinski definition) is 3. The van der Waals surface area contributed by atoms with Gasteiger partial charge in [-0.2, -0.15) is 5.10 Å². The van der Waals surface area contributed by atoms with E-state index in [1.54, 1.807) is 35.6 Å². The lowest BCUT2D eigenvalue weighted by atomic mass is 10.0. The van der Waals surface area contributed by atoms with Crippen molar-refractivity contribution in [2.75, 3.05) is 44.0 Å². The Bertz CT molecular complexity index is 2470. The number of sulfonamides is 2. The predicted octanol–water partition coefficient (Wildman–Crippen LogP) is 4.84. The number of nitrogens with zero attached hydrogens (tertiary/aromatic N) is 6. The van der Waals surface area contributed by atoms with E-state index in [4.69, 9.17) is 4.98 Å². The minimum atomic E-state index is -4.03. The van der Waals surface area contributed by atoms with Gasteiger partial charge in [0.05, 0.1) is 36.0 Å². The van der Waals surface area contributed by atoms with Crippen molar-refractivity contribution in [2.24, 2.45) is 0 Å². The summed E-state index contributed by atoms with van der Waals surface area (Å²) in [6.07, 6.45) is 6.36. The van der Waals surface area contributed by atoms with Gasteiger partial charge in [-0.3, -0.25) is 15.0 Å². The highest BCUT2D eigenvalue weighted by atomic mass is 32.3. The number of hydrogen-bond acceptors (Lipinski definition) is 10. The van der Waals surface area contributed by atoms with Gasteiger partial charge in [0.25, 0.3) is 5.92 Å². The molecule has 266 valence electrons. The topological polar surface area (TPSA) is 170 Å². The van der Waals surface area contributed by atoms with Crippen LogP contribution in [-0.4, -0.2) is 100 Å². The number of aromatic amines is 2. The first-order valence-corrected chi connectivity index (χ1v) is 19.4. The second-order valence-electron chi connectivity index (χ2n) is 12.5. The highest BCUT2D eigenvalue weighted by Gasteiger charge is 2.38. The fraction of sp³-hybridized carbons (Fsp3) is 0.273. The maximum Gasteiger partial charge on any atom is 0.261 e. The van der Waals surface area contributed by atoms with E-state index in [2.05, 4.69) is 30.5 Å². The largest absolute Gasteiger partial charge is 0.384 e. The summed E-state index contributed by atoms with van der Waals surface area (Å²) in [6.45, 7) is -0.0786. The third kappa shape index (κ3) is 7.44. The molecule has 0 amide bonds. The number of nitrogens with one attached hydrogen (secondary N) is 3. The number of H-pyrrole nitrogens is 2. The lowest BCUT2D eigenvalue weighted by molar-refractivity contribution is 0.0115. The second kappa shape index (κ2) is 13.0. The number of benzene rings is 1. The molecule has 51 heavy (non-hydrogen) atoms. The molecule has 6 heterocycles. The summed E-state index contributed by atoms with van der Waals surface area (Å²) in [5.74, 6) is -3.24. The van der Waals surface area contributed by atoms with Crippen LogP contribution in [-0.2, 0) is 26.6 Å². The zero-order chi connectivity index (χ0) is 36.1. The number of alkyl halides is 2. The molecular weight excluding hydrogens is 708 g/mol. The number of rotatable bonds is 11. The van der Waals surface area contributed by atoms with E-state index >= 15 is 0 Å². The van der Waals surface area contributed by atoms with Crippen molar-refractivity contribution in [2.45, 2.75) is 18.9 Å². The van der Waals surface area contributed by atoms with Gasteiger partial charge in [-0.15, -0.1) is 0 Å². The number of fused-ring (bicyclic) bond motifs is 2. The van der Waals surface area contributed by atoms with Crippen molar-refractivity contribution >= 4 is 47.8 Å². The molecule has 1 aliphatic rings. The second-order valence-corrected chi connectivity index (χ2v) is 16.6. The molecule has 1 fully saturated rings.